The molecule has 0 spiro atoms. The molecule has 0 unspecified atom stereocenters. The molecule has 2 heterocycles. The molecule has 9 aromatic carbocycles. The fourth-order valence-electron chi connectivity index (χ4n) is 8.47. The van der Waals surface area contributed by atoms with E-state index < -0.39 is 0 Å². The highest BCUT2D eigenvalue weighted by molar-refractivity contribution is 6.12. The maximum absolute atomic E-state index is 6.51. The number of para-hydroxylation sites is 3. The summed E-state index contributed by atoms with van der Waals surface area (Å²) < 4.78 is 8.91. The molecule has 0 amide bonds. The van der Waals surface area contributed by atoms with E-state index in [9.17, 15) is 0 Å². The van der Waals surface area contributed by atoms with Crippen molar-refractivity contribution < 1.29 is 4.42 Å². The smallest absolute Gasteiger partial charge is 0.143 e. The molecule has 11 rings (SSSR count). The van der Waals surface area contributed by atoms with Crippen LogP contribution in [0.3, 0.4) is 0 Å². The van der Waals surface area contributed by atoms with Gasteiger partial charge in [0.2, 0.25) is 0 Å². The first-order valence-corrected chi connectivity index (χ1v) is 18.5. The highest BCUT2D eigenvalue weighted by atomic mass is 16.3. The van der Waals surface area contributed by atoms with Crippen molar-refractivity contribution in [1.82, 2.24) is 4.57 Å². The Hall–Kier alpha value is -7.16. The van der Waals surface area contributed by atoms with E-state index in [2.05, 4.69) is 199 Å². The summed E-state index contributed by atoms with van der Waals surface area (Å²) >= 11 is 0. The van der Waals surface area contributed by atoms with Gasteiger partial charge in [0.25, 0.3) is 0 Å². The van der Waals surface area contributed by atoms with Crippen molar-refractivity contribution in [2.75, 3.05) is 0 Å². The monoisotopic (exact) mass is 687 g/mol. The number of rotatable bonds is 5. The van der Waals surface area contributed by atoms with Gasteiger partial charge in [0.05, 0.1) is 11.0 Å². The van der Waals surface area contributed by atoms with Gasteiger partial charge in [-0.15, -0.1) is 0 Å². The zero-order chi connectivity index (χ0) is 35.6. The molecule has 0 aliphatic heterocycles. The molecule has 0 bridgehead atoms. The van der Waals surface area contributed by atoms with Gasteiger partial charge in [0.1, 0.15) is 11.2 Å². The Bertz CT molecular complexity index is 3210. The van der Waals surface area contributed by atoms with Crippen LogP contribution in [0.4, 0.5) is 0 Å². The molecule has 0 aliphatic carbocycles. The van der Waals surface area contributed by atoms with Crippen LogP contribution in [0.25, 0.3) is 105 Å². The van der Waals surface area contributed by atoms with E-state index in [1.807, 2.05) is 6.07 Å². The Morgan fingerprint density at radius 2 is 0.889 bits per heavy atom. The maximum Gasteiger partial charge on any atom is 0.143 e. The molecule has 0 fully saturated rings. The summed E-state index contributed by atoms with van der Waals surface area (Å²) in [7, 11) is 0. The van der Waals surface area contributed by atoms with E-state index in [0.717, 1.165) is 38.8 Å². The van der Waals surface area contributed by atoms with Crippen LogP contribution in [0, 0.1) is 0 Å². The largest absolute Gasteiger partial charge is 0.455 e. The van der Waals surface area contributed by atoms with Crippen LogP contribution in [-0.2, 0) is 0 Å². The third-order valence-corrected chi connectivity index (χ3v) is 11.0. The molecular formula is C52H33NO. The van der Waals surface area contributed by atoms with Gasteiger partial charge in [-0.25, -0.2) is 0 Å². The lowest BCUT2D eigenvalue weighted by atomic mass is 9.88. The third kappa shape index (κ3) is 4.81. The summed E-state index contributed by atoms with van der Waals surface area (Å²) in [4.78, 5) is 0. The summed E-state index contributed by atoms with van der Waals surface area (Å²) in [5, 5.41) is 7.26. The normalized spacial score (nSPS) is 11.7. The molecule has 0 N–H and O–H groups in total. The van der Waals surface area contributed by atoms with Gasteiger partial charge in [-0.2, -0.15) is 0 Å². The number of aromatic nitrogens is 1. The quantitative estimate of drug-likeness (QED) is 0.176. The lowest BCUT2D eigenvalue weighted by Crippen LogP contribution is -1.94. The standard InChI is InChI=1S/C52H33NO/c1-2-13-36-32-37(25-24-34(36)12-1)35-26-29-39(30-27-35)53-49-22-9-7-18-44(49)48-33-38(28-31-50(48)53)40-14-3-4-15-41(40)42-16-5-6-17-43(42)46-20-11-21-47-45-19-8-10-23-51(45)54-52(46)47/h1-33H. The predicted octanol–water partition coefficient (Wildman–Crippen LogP) is 14.5. The van der Waals surface area contributed by atoms with Crippen LogP contribution in [0.2, 0.25) is 0 Å². The first-order valence-electron chi connectivity index (χ1n) is 18.5. The lowest BCUT2D eigenvalue weighted by molar-refractivity contribution is 0.670. The molecule has 54 heavy (non-hydrogen) atoms. The number of nitrogens with zero attached hydrogens (tertiary/aromatic N) is 1. The summed E-state index contributed by atoms with van der Waals surface area (Å²) in [6.45, 7) is 0. The number of hydrogen-bond acceptors (Lipinski definition) is 1. The lowest BCUT2D eigenvalue weighted by Gasteiger charge is -2.15. The summed E-state index contributed by atoms with van der Waals surface area (Å²) in [5.41, 5.74) is 14.8. The second-order valence-corrected chi connectivity index (χ2v) is 14.1. The van der Waals surface area contributed by atoms with Crippen LogP contribution >= 0.6 is 0 Å². The Balaban J connectivity index is 1.03. The van der Waals surface area contributed by atoms with Gasteiger partial charge >= 0.3 is 0 Å². The molecule has 0 saturated heterocycles. The number of benzene rings is 9. The van der Waals surface area contributed by atoms with Gasteiger partial charge in [-0.05, 0) is 92.2 Å². The second-order valence-electron chi connectivity index (χ2n) is 14.1. The SMILES string of the molecule is c1ccc(-c2ccccc2-c2cccc3c2oc2ccccc23)c(-c2ccc3c(c2)c2ccccc2n3-c2ccc(-c3ccc4ccccc4c3)cc2)c1. The summed E-state index contributed by atoms with van der Waals surface area (Å²) in [6, 6.07) is 72.2. The van der Waals surface area contributed by atoms with Crippen molar-refractivity contribution in [2.24, 2.45) is 0 Å². The molecule has 2 heteroatoms. The molecule has 2 aromatic heterocycles. The fraction of sp³-hybridized carbons (Fsp3) is 0. The molecule has 0 saturated carbocycles. The number of furan rings is 1. The van der Waals surface area contributed by atoms with Gasteiger partial charge in [-0.3, -0.25) is 0 Å². The molecule has 11 aromatic rings. The third-order valence-electron chi connectivity index (χ3n) is 11.0. The molecule has 0 aliphatic rings. The van der Waals surface area contributed by atoms with Crippen molar-refractivity contribution in [3.05, 3.63) is 200 Å². The predicted molar refractivity (Wildman–Crippen MR) is 227 cm³/mol. The minimum Gasteiger partial charge on any atom is -0.455 e. The van der Waals surface area contributed by atoms with Crippen LogP contribution < -0.4 is 0 Å². The van der Waals surface area contributed by atoms with Crippen molar-refractivity contribution in [3.8, 4) is 50.2 Å². The fourth-order valence-corrected chi connectivity index (χ4v) is 8.47. The molecular weight excluding hydrogens is 655 g/mol. The van der Waals surface area contributed by atoms with Gasteiger partial charge in [0, 0.05) is 32.8 Å². The highest BCUT2D eigenvalue weighted by Gasteiger charge is 2.19. The van der Waals surface area contributed by atoms with Crippen molar-refractivity contribution in [2.45, 2.75) is 0 Å². The van der Waals surface area contributed by atoms with Gasteiger partial charge in [0.15, 0.2) is 0 Å². The maximum atomic E-state index is 6.51. The Labute approximate surface area is 312 Å². The molecule has 252 valence electrons. The van der Waals surface area contributed by atoms with Crippen molar-refractivity contribution >= 4 is 54.5 Å². The van der Waals surface area contributed by atoms with Crippen LogP contribution in [-0.4, -0.2) is 4.57 Å². The summed E-state index contributed by atoms with van der Waals surface area (Å²) in [6.07, 6.45) is 0. The Morgan fingerprint density at radius 1 is 0.315 bits per heavy atom. The van der Waals surface area contributed by atoms with E-state index in [0.29, 0.717) is 0 Å². The first kappa shape index (κ1) is 30.5. The van der Waals surface area contributed by atoms with Crippen molar-refractivity contribution in [1.29, 1.82) is 0 Å². The molecule has 0 radical (unpaired) electrons. The molecule has 2 nitrogen and oxygen atoms in total. The van der Waals surface area contributed by atoms with E-state index in [1.165, 1.54) is 66.0 Å². The average molecular weight is 688 g/mol. The van der Waals surface area contributed by atoms with Crippen molar-refractivity contribution in [3.63, 3.8) is 0 Å². The number of hydrogen-bond donors (Lipinski definition) is 0. The van der Waals surface area contributed by atoms with E-state index in [-0.39, 0.29) is 0 Å². The van der Waals surface area contributed by atoms with Gasteiger partial charge < -0.3 is 8.98 Å². The molecule has 0 atom stereocenters. The minimum absolute atomic E-state index is 0.908. The van der Waals surface area contributed by atoms with E-state index >= 15 is 0 Å². The highest BCUT2D eigenvalue weighted by Crippen LogP contribution is 2.43. The zero-order valence-electron chi connectivity index (χ0n) is 29.4. The van der Waals surface area contributed by atoms with E-state index in [1.54, 1.807) is 0 Å². The van der Waals surface area contributed by atoms with Crippen LogP contribution in [0.5, 0.6) is 0 Å². The Kier molecular flexibility index (Phi) is 6.90. The van der Waals surface area contributed by atoms with Gasteiger partial charge in [-0.1, -0.05) is 158 Å². The minimum atomic E-state index is 0.908. The summed E-state index contributed by atoms with van der Waals surface area (Å²) in [5.74, 6) is 0. The second kappa shape index (κ2) is 12.2. The van der Waals surface area contributed by atoms with Crippen LogP contribution in [0.15, 0.2) is 205 Å². The Morgan fingerprint density at radius 3 is 1.72 bits per heavy atom. The van der Waals surface area contributed by atoms with Crippen LogP contribution in [0.1, 0.15) is 0 Å². The average Bonchev–Trinajstić information content (AvgIpc) is 3.79. The van der Waals surface area contributed by atoms with E-state index in [4.69, 9.17) is 4.42 Å². The zero-order valence-corrected chi connectivity index (χ0v) is 29.4. The topological polar surface area (TPSA) is 18.1 Å². The number of fused-ring (bicyclic) bond motifs is 7. The first-order chi connectivity index (χ1) is 26.8.